The van der Waals surface area contributed by atoms with E-state index in [4.69, 9.17) is 21.1 Å². The van der Waals surface area contributed by atoms with Crippen molar-refractivity contribution in [2.24, 2.45) is 5.92 Å². The molecule has 0 spiro atoms. The van der Waals surface area contributed by atoms with Crippen LogP contribution in [0.1, 0.15) is 24.6 Å². The fourth-order valence-electron chi connectivity index (χ4n) is 4.15. The van der Waals surface area contributed by atoms with Gasteiger partial charge in [-0.2, -0.15) is 15.1 Å². The molecular formula is C22H27ClN5O7P. The summed E-state index contributed by atoms with van der Waals surface area (Å²) in [4.78, 5) is 28.0. The van der Waals surface area contributed by atoms with Gasteiger partial charge in [-0.1, -0.05) is 30.3 Å². The Kier molecular flexibility index (Phi) is 7.30. The van der Waals surface area contributed by atoms with Gasteiger partial charge < -0.3 is 34.8 Å². The van der Waals surface area contributed by atoms with Crippen molar-refractivity contribution < 1.29 is 34.0 Å². The van der Waals surface area contributed by atoms with Crippen molar-refractivity contribution in [2.75, 3.05) is 18.5 Å². The number of rotatable bonds is 10. The zero-order valence-electron chi connectivity index (χ0n) is 19.1. The van der Waals surface area contributed by atoms with Crippen LogP contribution in [0.15, 0.2) is 36.5 Å². The second kappa shape index (κ2) is 10.3. The van der Waals surface area contributed by atoms with Crippen molar-refractivity contribution in [3.63, 3.8) is 0 Å². The Balaban J connectivity index is 1.31. The molecule has 1 unspecified atom stereocenters. The Morgan fingerprint density at radius 3 is 2.64 bits per heavy atom. The molecule has 0 amide bonds. The molecule has 0 bridgehead atoms. The molecule has 2 aliphatic rings. The van der Waals surface area contributed by atoms with E-state index in [-0.39, 0.29) is 18.3 Å². The summed E-state index contributed by atoms with van der Waals surface area (Å²) in [6, 6.07) is 8.78. The van der Waals surface area contributed by atoms with Crippen molar-refractivity contribution in [3.05, 3.63) is 47.4 Å². The fourth-order valence-corrected chi connectivity index (χ4v) is 5.04. The monoisotopic (exact) mass is 539 g/mol. The number of fused-ring (bicyclic) bond motifs is 1. The van der Waals surface area contributed by atoms with Crippen LogP contribution in [-0.4, -0.2) is 77.1 Å². The number of benzene rings is 1. The second-order valence-electron chi connectivity index (χ2n) is 9.11. The molecule has 5 atom stereocenters. The van der Waals surface area contributed by atoms with Gasteiger partial charge >= 0.3 is 7.60 Å². The highest BCUT2D eigenvalue weighted by Gasteiger charge is 2.46. The van der Waals surface area contributed by atoms with E-state index in [0.717, 1.165) is 19.4 Å². The average Bonchev–Trinajstić information content (AvgIpc) is 3.52. The van der Waals surface area contributed by atoms with Crippen LogP contribution in [-0.2, 0) is 20.5 Å². The van der Waals surface area contributed by atoms with Crippen LogP contribution in [0.5, 0.6) is 0 Å². The fraction of sp³-hybridized carbons (Fsp3) is 0.500. The third kappa shape index (κ3) is 5.56. The molecule has 5 rings (SSSR count). The number of ether oxygens (including phenoxy) is 2. The van der Waals surface area contributed by atoms with Crippen LogP contribution in [0, 0.1) is 5.92 Å². The molecule has 1 aromatic carbocycles. The summed E-state index contributed by atoms with van der Waals surface area (Å²) in [5, 5.41) is 29.4. The maximum atomic E-state index is 12.0. The molecule has 3 aromatic rings. The maximum Gasteiger partial charge on any atom is 0.354 e. The first-order valence-electron chi connectivity index (χ1n) is 11.6. The first-order chi connectivity index (χ1) is 17.2. The number of halogens is 1. The van der Waals surface area contributed by atoms with Crippen LogP contribution in [0.3, 0.4) is 0 Å². The Hall–Kier alpha value is -2.15. The Bertz CT molecular complexity index is 1250. The molecule has 14 heteroatoms. The lowest BCUT2D eigenvalue weighted by Crippen LogP contribution is -2.35. The molecule has 5 N–H and O–H groups in total. The maximum absolute atomic E-state index is 12.0. The minimum atomic E-state index is -4.63. The Morgan fingerprint density at radius 2 is 1.94 bits per heavy atom. The molecule has 36 heavy (non-hydrogen) atoms. The van der Waals surface area contributed by atoms with Gasteiger partial charge in [-0.05, 0) is 35.9 Å². The molecule has 194 valence electrons. The van der Waals surface area contributed by atoms with Gasteiger partial charge in [0.2, 0.25) is 5.28 Å². The predicted octanol–water partition coefficient (Wildman–Crippen LogP) is 1.68. The number of aromatic nitrogens is 4. The number of nitrogens with zero attached hydrogens (tertiary/aromatic N) is 4. The number of hydrogen-bond acceptors (Lipinski definition) is 9. The number of aliphatic hydroxyl groups excluding tert-OH is 2. The largest absolute Gasteiger partial charge is 0.387 e. The van der Waals surface area contributed by atoms with E-state index < -0.39 is 38.0 Å². The Labute approximate surface area is 211 Å². The molecule has 1 saturated carbocycles. The second-order valence-corrected chi connectivity index (χ2v) is 11.2. The average molecular weight is 540 g/mol. The smallest absolute Gasteiger partial charge is 0.354 e. The van der Waals surface area contributed by atoms with E-state index in [2.05, 4.69) is 20.4 Å². The quantitative estimate of drug-likeness (QED) is 0.187. The minimum Gasteiger partial charge on any atom is -0.387 e. The van der Waals surface area contributed by atoms with Gasteiger partial charge in [0, 0.05) is 13.0 Å². The first-order valence-corrected chi connectivity index (χ1v) is 13.6. The molecule has 2 fully saturated rings. The molecule has 1 aliphatic heterocycles. The molecule has 0 radical (unpaired) electrons. The highest BCUT2D eigenvalue weighted by molar-refractivity contribution is 7.52. The summed E-state index contributed by atoms with van der Waals surface area (Å²) >= 11 is 6.13. The van der Waals surface area contributed by atoms with Crippen molar-refractivity contribution in [1.82, 2.24) is 19.7 Å². The summed E-state index contributed by atoms with van der Waals surface area (Å²) in [5.41, 5.74) is 0.991. The lowest BCUT2D eigenvalue weighted by atomic mass is 10.1. The van der Waals surface area contributed by atoms with Crippen LogP contribution in [0.4, 0.5) is 5.82 Å². The van der Waals surface area contributed by atoms with Gasteiger partial charge in [-0.3, -0.25) is 4.57 Å². The normalized spacial score (nSPS) is 25.4. The van der Waals surface area contributed by atoms with E-state index >= 15 is 0 Å². The van der Waals surface area contributed by atoms with Crippen molar-refractivity contribution in [2.45, 2.75) is 49.6 Å². The van der Waals surface area contributed by atoms with Gasteiger partial charge in [-0.25, -0.2) is 4.68 Å². The molecule has 1 saturated heterocycles. The molecule has 2 aromatic heterocycles. The first kappa shape index (κ1) is 25.5. The van der Waals surface area contributed by atoms with Crippen LogP contribution >= 0.6 is 19.2 Å². The zero-order valence-corrected chi connectivity index (χ0v) is 20.7. The van der Waals surface area contributed by atoms with Crippen molar-refractivity contribution in [1.29, 1.82) is 0 Å². The molecule has 3 heterocycles. The molecule has 1 aliphatic carbocycles. The van der Waals surface area contributed by atoms with Gasteiger partial charge in [0.25, 0.3) is 0 Å². The van der Waals surface area contributed by atoms with Crippen LogP contribution < -0.4 is 5.32 Å². The van der Waals surface area contributed by atoms with Gasteiger partial charge in [0.1, 0.15) is 24.1 Å². The third-order valence-electron chi connectivity index (χ3n) is 6.34. The zero-order chi connectivity index (χ0) is 25.4. The summed E-state index contributed by atoms with van der Waals surface area (Å²) in [6.07, 6.45) is -1.19. The lowest BCUT2D eigenvalue weighted by molar-refractivity contribution is -0.0759. The van der Waals surface area contributed by atoms with Crippen LogP contribution in [0.25, 0.3) is 11.0 Å². The molecular weight excluding hydrogens is 513 g/mol. The number of anilines is 1. The summed E-state index contributed by atoms with van der Waals surface area (Å²) in [5.74, 6) is -0.330. The highest BCUT2D eigenvalue weighted by Crippen LogP contribution is 2.44. The van der Waals surface area contributed by atoms with Crippen molar-refractivity contribution >= 4 is 36.0 Å². The third-order valence-corrected chi connectivity index (χ3v) is 7.59. The van der Waals surface area contributed by atoms with E-state index in [1.54, 1.807) is 30.3 Å². The predicted molar refractivity (Wildman–Crippen MR) is 129 cm³/mol. The number of nitrogens with one attached hydrogen (secondary N) is 1. The summed E-state index contributed by atoms with van der Waals surface area (Å²) in [7, 11) is -4.63. The van der Waals surface area contributed by atoms with Gasteiger partial charge in [-0.15, -0.1) is 0 Å². The van der Waals surface area contributed by atoms with Gasteiger partial charge in [0.15, 0.2) is 17.7 Å². The lowest BCUT2D eigenvalue weighted by Gasteiger charge is -2.22. The van der Waals surface area contributed by atoms with Crippen LogP contribution in [0.2, 0.25) is 5.28 Å². The summed E-state index contributed by atoms with van der Waals surface area (Å²) in [6.45, 7) is 0.387. The molecule has 12 nitrogen and oxygen atoms in total. The highest BCUT2D eigenvalue weighted by atomic mass is 35.5. The topological polar surface area (TPSA) is 172 Å². The van der Waals surface area contributed by atoms with E-state index in [0.29, 0.717) is 28.3 Å². The number of hydrogen-bond donors (Lipinski definition) is 5. The Morgan fingerprint density at radius 1 is 1.19 bits per heavy atom. The number of aliphatic hydroxyl groups is 2. The van der Waals surface area contributed by atoms with E-state index in [1.165, 1.54) is 10.9 Å². The van der Waals surface area contributed by atoms with E-state index in [9.17, 15) is 24.6 Å². The summed E-state index contributed by atoms with van der Waals surface area (Å²) < 4.78 is 24.7. The standard InChI is InChI=1S/C22H27ClN5O7P/c23-22-26-19(24-9-13-6-7-13)14-10-25-28(20(14)27-22)21-18(30)17(29)15(35-21)11-34-16(36(31,32)33)8-12-4-2-1-3-5-12/h1-5,10,13,15-18,21,29-30H,6-9,11H2,(H,24,26,27)(H2,31,32,33)/t15-,16?,17-,18-,21-/m1/s1. The SMILES string of the molecule is O=P(O)(O)C(Cc1ccccc1)OC[C@H]1O[C@@H](n2ncc3c(NCC4CC4)nc(Cl)nc32)[C@H](O)[C@@H]1O. The van der Waals surface area contributed by atoms with Gasteiger partial charge in [0.05, 0.1) is 18.2 Å². The van der Waals surface area contributed by atoms with E-state index in [1.807, 2.05) is 0 Å². The van der Waals surface area contributed by atoms with Crippen molar-refractivity contribution in [3.8, 4) is 0 Å². The minimum absolute atomic E-state index is 0.0131.